The summed E-state index contributed by atoms with van der Waals surface area (Å²) in [5.74, 6) is 0.649. The van der Waals surface area contributed by atoms with E-state index in [2.05, 4.69) is 15.2 Å². The first kappa shape index (κ1) is 14.0. The monoisotopic (exact) mass is 316 g/mol. The molecule has 3 aliphatic heterocycles. The molecular formula is C16H20N4OS. The van der Waals surface area contributed by atoms with E-state index in [0.717, 1.165) is 16.8 Å². The fourth-order valence-corrected chi connectivity index (χ4v) is 4.48. The Kier molecular flexibility index (Phi) is 3.50. The Morgan fingerprint density at radius 3 is 2.82 bits per heavy atom. The highest BCUT2D eigenvalue weighted by Gasteiger charge is 2.37. The molecule has 0 radical (unpaired) electrons. The van der Waals surface area contributed by atoms with E-state index in [0.29, 0.717) is 17.1 Å². The maximum atomic E-state index is 12.5. The number of likely N-dealkylation sites (N-methyl/N-ethyl adjacent to an activating group) is 1. The number of fused-ring (bicyclic) bond motifs is 4. The van der Waals surface area contributed by atoms with Crippen LogP contribution in [0.2, 0.25) is 0 Å². The van der Waals surface area contributed by atoms with Crippen LogP contribution in [-0.2, 0) is 0 Å². The predicted molar refractivity (Wildman–Crippen MR) is 89.4 cm³/mol. The first-order valence-electron chi connectivity index (χ1n) is 7.82. The van der Waals surface area contributed by atoms with Crippen molar-refractivity contribution in [2.45, 2.75) is 18.9 Å². The number of nitrogens with one attached hydrogen (secondary N) is 1. The number of piperidine rings is 3. The average Bonchev–Trinajstić information content (AvgIpc) is 2.97. The highest BCUT2D eigenvalue weighted by molar-refractivity contribution is 7.22. The van der Waals surface area contributed by atoms with Gasteiger partial charge in [-0.15, -0.1) is 0 Å². The summed E-state index contributed by atoms with van der Waals surface area (Å²) in [6.45, 7) is 3.39. The number of benzene rings is 1. The van der Waals surface area contributed by atoms with Crippen molar-refractivity contribution in [1.82, 2.24) is 14.8 Å². The average molecular weight is 316 g/mol. The quantitative estimate of drug-likeness (QED) is 0.927. The second-order valence-corrected chi connectivity index (χ2v) is 7.26. The fourth-order valence-electron chi connectivity index (χ4n) is 3.63. The van der Waals surface area contributed by atoms with Gasteiger partial charge in [-0.25, -0.2) is 9.78 Å². The lowest BCUT2D eigenvalue weighted by atomic mass is 9.83. The number of carbonyl (C=O) groups excluding carboxylic acids is 1. The number of nitrogens with zero attached hydrogens (tertiary/aromatic N) is 3. The Morgan fingerprint density at radius 1 is 1.36 bits per heavy atom. The third-order valence-corrected chi connectivity index (χ3v) is 5.90. The number of amides is 2. The zero-order chi connectivity index (χ0) is 15.1. The smallest absolute Gasteiger partial charge is 0.323 e. The molecule has 0 unspecified atom stereocenters. The fraction of sp³-hybridized carbons (Fsp3) is 0.500. The van der Waals surface area contributed by atoms with Gasteiger partial charge in [-0.3, -0.25) is 5.32 Å². The number of urea groups is 1. The molecule has 3 aliphatic rings. The molecule has 0 spiro atoms. The van der Waals surface area contributed by atoms with Crippen LogP contribution in [-0.4, -0.2) is 53.5 Å². The zero-order valence-electron chi connectivity index (χ0n) is 12.7. The molecule has 0 aliphatic carbocycles. The lowest BCUT2D eigenvalue weighted by Gasteiger charge is -2.47. The molecule has 2 bridgehead atoms. The zero-order valence-corrected chi connectivity index (χ0v) is 13.5. The van der Waals surface area contributed by atoms with Crippen molar-refractivity contribution in [1.29, 1.82) is 0 Å². The van der Waals surface area contributed by atoms with E-state index in [1.165, 1.54) is 37.3 Å². The summed E-state index contributed by atoms with van der Waals surface area (Å²) < 4.78 is 1.10. The van der Waals surface area contributed by atoms with Gasteiger partial charge in [0, 0.05) is 19.6 Å². The van der Waals surface area contributed by atoms with Crippen LogP contribution in [0.1, 0.15) is 12.8 Å². The van der Waals surface area contributed by atoms with E-state index in [4.69, 9.17) is 0 Å². The van der Waals surface area contributed by atoms with Crippen LogP contribution in [0, 0.1) is 5.92 Å². The number of aromatic nitrogens is 1. The molecule has 2 amide bonds. The normalized spacial score (nSPS) is 27.0. The molecule has 3 saturated heterocycles. The van der Waals surface area contributed by atoms with E-state index in [1.807, 2.05) is 36.2 Å². The Bertz CT molecular complexity index is 659. The number of para-hydroxylation sites is 1. The van der Waals surface area contributed by atoms with E-state index < -0.39 is 0 Å². The molecule has 1 N–H and O–H groups in total. The standard InChI is InChI=1S/C16H20N4OS/c1-19(13-10-20-8-6-11(13)7-9-20)16(21)18-15-17-12-4-2-3-5-14(12)22-15/h2-5,11,13H,6-10H2,1H3,(H,17,18,21)/t13-/m0/s1. The third kappa shape index (κ3) is 2.46. The summed E-state index contributed by atoms with van der Waals surface area (Å²) in [6, 6.07) is 8.24. The Hall–Kier alpha value is -1.66. The molecule has 116 valence electrons. The number of thiazole rings is 1. The lowest BCUT2D eigenvalue weighted by molar-refractivity contribution is 0.0336. The van der Waals surface area contributed by atoms with Crippen LogP contribution in [0.3, 0.4) is 0 Å². The van der Waals surface area contributed by atoms with Gasteiger partial charge in [0.05, 0.1) is 10.2 Å². The van der Waals surface area contributed by atoms with Gasteiger partial charge in [0.15, 0.2) is 5.13 Å². The molecule has 5 rings (SSSR count). The van der Waals surface area contributed by atoms with E-state index in [9.17, 15) is 4.79 Å². The van der Waals surface area contributed by atoms with Crippen molar-refractivity contribution in [3.8, 4) is 0 Å². The van der Waals surface area contributed by atoms with Gasteiger partial charge >= 0.3 is 6.03 Å². The summed E-state index contributed by atoms with van der Waals surface area (Å²) in [4.78, 5) is 21.3. The van der Waals surface area contributed by atoms with Crippen LogP contribution in [0.15, 0.2) is 24.3 Å². The molecule has 3 fully saturated rings. The number of rotatable bonds is 2. The number of carbonyl (C=O) groups is 1. The largest absolute Gasteiger partial charge is 0.323 e. The van der Waals surface area contributed by atoms with Gasteiger partial charge in [-0.05, 0) is 44.0 Å². The number of hydrogen-bond donors (Lipinski definition) is 1. The Labute approximate surface area is 133 Å². The Balaban J connectivity index is 1.47. The van der Waals surface area contributed by atoms with Crippen LogP contribution < -0.4 is 5.32 Å². The number of hydrogen-bond acceptors (Lipinski definition) is 4. The molecule has 1 aromatic carbocycles. The van der Waals surface area contributed by atoms with Crippen LogP contribution >= 0.6 is 11.3 Å². The second kappa shape index (κ2) is 5.52. The molecule has 4 heterocycles. The van der Waals surface area contributed by atoms with Crippen molar-refractivity contribution in [3.63, 3.8) is 0 Å². The summed E-state index contributed by atoms with van der Waals surface area (Å²) in [7, 11) is 1.91. The molecule has 6 heteroatoms. The molecule has 1 aromatic heterocycles. The predicted octanol–water partition coefficient (Wildman–Crippen LogP) is 2.85. The van der Waals surface area contributed by atoms with Gasteiger partial charge < -0.3 is 9.80 Å². The third-order valence-electron chi connectivity index (χ3n) is 4.95. The Morgan fingerprint density at radius 2 is 2.14 bits per heavy atom. The van der Waals surface area contributed by atoms with Gasteiger partial charge in [0.2, 0.25) is 0 Å². The minimum absolute atomic E-state index is 0.0437. The first-order valence-corrected chi connectivity index (χ1v) is 8.64. The van der Waals surface area contributed by atoms with E-state index in [1.54, 1.807) is 0 Å². The molecule has 22 heavy (non-hydrogen) atoms. The lowest BCUT2D eigenvalue weighted by Crippen LogP contribution is -2.58. The van der Waals surface area contributed by atoms with Crippen molar-refractivity contribution in [3.05, 3.63) is 24.3 Å². The van der Waals surface area contributed by atoms with Crippen LogP contribution in [0.5, 0.6) is 0 Å². The first-order chi connectivity index (χ1) is 10.7. The number of anilines is 1. The van der Waals surface area contributed by atoms with Gasteiger partial charge in [0.1, 0.15) is 0 Å². The van der Waals surface area contributed by atoms with Crippen molar-refractivity contribution >= 4 is 32.7 Å². The van der Waals surface area contributed by atoms with Gasteiger partial charge in [0.25, 0.3) is 0 Å². The van der Waals surface area contributed by atoms with Crippen LogP contribution in [0.4, 0.5) is 9.93 Å². The SMILES string of the molecule is CN(C(=O)Nc1nc2ccccc2s1)[C@H]1CN2CCC1CC2. The van der Waals surface area contributed by atoms with Crippen molar-refractivity contribution < 1.29 is 4.79 Å². The van der Waals surface area contributed by atoms with Gasteiger partial charge in [-0.1, -0.05) is 23.5 Å². The van der Waals surface area contributed by atoms with E-state index >= 15 is 0 Å². The van der Waals surface area contributed by atoms with Crippen molar-refractivity contribution in [2.75, 3.05) is 32.0 Å². The van der Waals surface area contributed by atoms with Gasteiger partial charge in [-0.2, -0.15) is 0 Å². The molecule has 1 atom stereocenters. The highest BCUT2D eigenvalue weighted by atomic mass is 32.1. The topological polar surface area (TPSA) is 48.5 Å². The molecule has 2 aromatic rings. The van der Waals surface area contributed by atoms with Crippen LogP contribution in [0.25, 0.3) is 10.2 Å². The maximum Gasteiger partial charge on any atom is 0.323 e. The van der Waals surface area contributed by atoms with Crippen molar-refractivity contribution in [2.24, 2.45) is 5.92 Å². The summed E-state index contributed by atoms with van der Waals surface area (Å²) in [6.07, 6.45) is 2.42. The summed E-state index contributed by atoms with van der Waals surface area (Å²) in [5.41, 5.74) is 0.938. The minimum atomic E-state index is -0.0437. The summed E-state index contributed by atoms with van der Waals surface area (Å²) >= 11 is 1.52. The summed E-state index contributed by atoms with van der Waals surface area (Å²) in [5, 5.41) is 3.64. The minimum Gasteiger partial charge on any atom is -0.323 e. The highest BCUT2D eigenvalue weighted by Crippen LogP contribution is 2.31. The van der Waals surface area contributed by atoms with E-state index in [-0.39, 0.29) is 6.03 Å². The molecule has 0 saturated carbocycles. The molecule has 5 nitrogen and oxygen atoms in total. The maximum absolute atomic E-state index is 12.5. The second-order valence-electron chi connectivity index (χ2n) is 6.23. The molecular weight excluding hydrogens is 296 g/mol.